The van der Waals surface area contributed by atoms with E-state index in [0.717, 1.165) is 4.90 Å². The Kier molecular flexibility index (Phi) is 4.25. The maximum Gasteiger partial charge on any atom is 0.213 e. The van der Waals surface area contributed by atoms with Gasteiger partial charge in [-0.3, -0.25) is 4.57 Å². The molecule has 0 unspecified atom stereocenters. The molecule has 22 heavy (non-hydrogen) atoms. The summed E-state index contributed by atoms with van der Waals surface area (Å²) in [6.45, 7) is 0. The van der Waals surface area contributed by atoms with Gasteiger partial charge in [0, 0.05) is 11.0 Å². The molecule has 0 bridgehead atoms. The van der Waals surface area contributed by atoms with Crippen molar-refractivity contribution < 1.29 is 10.2 Å². The van der Waals surface area contributed by atoms with E-state index in [4.69, 9.17) is 23.2 Å². The molecule has 1 aromatic heterocycles. The van der Waals surface area contributed by atoms with E-state index in [1.54, 1.807) is 18.2 Å². The third-order valence-electron chi connectivity index (χ3n) is 3.05. The Hall–Kier alpha value is -1.75. The molecule has 0 atom stereocenters. The smallest absolute Gasteiger partial charge is 0.213 e. The largest absolute Gasteiger partial charge is 0.494 e. The lowest BCUT2D eigenvalue weighted by Crippen LogP contribution is -1.92. The first-order valence-corrected chi connectivity index (χ1v) is 7.95. The second kappa shape index (κ2) is 6.16. The lowest BCUT2D eigenvalue weighted by atomic mass is 10.3. The highest BCUT2D eigenvalue weighted by molar-refractivity contribution is 7.99. The van der Waals surface area contributed by atoms with Crippen LogP contribution in [-0.4, -0.2) is 14.8 Å². The average molecular weight is 352 g/mol. The number of aromatic nitrogens is 1. The van der Waals surface area contributed by atoms with Crippen LogP contribution >= 0.6 is 35.0 Å². The highest BCUT2D eigenvalue weighted by atomic mass is 35.5. The Labute approximate surface area is 141 Å². The Morgan fingerprint density at radius 3 is 2.27 bits per heavy atom. The molecule has 3 nitrogen and oxygen atoms in total. The molecule has 3 aromatic rings. The Bertz CT molecular complexity index is 819. The van der Waals surface area contributed by atoms with Gasteiger partial charge in [-0.25, -0.2) is 0 Å². The van der Waals surface area contributed by atoms with Gasteiger partial charge in [-0.2, -0.15) is 0 Å². The summed E-state index contributed by atoms with van der Waals surface area (Å²) in [7, 11) is 0. The van der Waals surface area contributed by atoms with Crippen molar-refractivity contribution >= 4 is 35.0 Å². The first-order valence-electron chi connectivity index (χ1n) is 6.38. The molecule has 112 valence electrons. The van der Waals surface area contributed by atoms with Crippen LogP contribution in [-0.2, 0) is 0 Å². The summed E-state index contributed by atoms with van der Waals surface area (Å²) in [4.78, 5) is 1.51. The molecular formula is C16H11Cl2NO2S. The fraction of sp³-hybridized carbons (Fsp3) is 0. The summed E-state index contributed by atoms with van der Waals surface area (Å²) < 4.78 is 1.31. The van der Waals surface area contributed by atoms with Crippen molar-refractivity contribution in [3.8, 4) is 17.4 Å². The van der Waals surface area contributed by atoms with Gasteiger partial charge in [-0.1, -0.05) is 53.2 Å². The highest BCUT2D eigenvalue weighted by Crippen LogP contribution is 2.41. The van der Waals surface area contributed by atoms with Crippen LogP contribution in [0.2, 0.25) is 10.0 Å². The Morgan fingerprint density at radius 2 is 1.59 bits per heavy atom. The minimum atomic E-state index is -0.0747. The lowest BCUT2D eigenvalue weighted by molar-refractivity contribution is 0.398. The van der Waals surface area contributed by atoms with Crippen molar-refractivity contribution in [3.63, 3.8) is 0 Å². The van der Waals surface area contributed by atoms with Crippen molar-refractivity contribution in [2.24, 2.45) is 0 Å². The SMILES string of the molecule is Oc1cc(Sc2ccccc2)c(O)n1-c1ccc(Cl)c(Cl)c1. The highest BCUT2D eigenvalue weighted by Gasteiger charge is 2.17. The zero-order chi connectivity index (χ0) is 15.7. The second-order valence-electron chi connectivity index (χ2n) is 4.54. The molecule has 0 aliphatic rings. The molecule has 2 aromatic carbocycles. The predicted molar refractivity (Wildman–Crippen MR) is 89.7 cm³/mol. The monoisotopic (exact) mass is 351 g/mol. The van der Waals surface area contributed by atoms with Gasteiger partial charge in [-0.05, 0) is 30.3 Å². The summed E-state index contributed by atoms with van der Waals surface area (Å²) in [6, 6.07) is 16.0. The minimum Gasteiger partial charge on any atom is -0.494 e. The topological polar surface area (TPSA) is 45.4 Å². The third-order valence-corrected chi connectivity index (χ3v) is 4.82. The molecule has 0 aliphatic carbocycles. The van der Waals surface area contributed by atoms with E-state index in [-0.39, 0.29) is 11.8 Å². The van der Waals surface area contributed by atoms with Gasteiger partial charge >= 0.3 is 0 Å². The second-order valence-corrected chi connectivity index (χ2v) is 6.47. The van der Waals surface area contributed by atoms with Crippen LogP contribution < -0.4 is 0 Å². The minimum absolute atomic E-state index is 0.0512. The van der Waals surface area contributed by atoms with Crippen LogP contribution in [0.4, 0.5) is 0 Å². The van der Waals surface area contributed by atoms with Gasteiger partial charge in [-0.15, -0.1) is 0 Å². The van der Waals surface area contributed by atoms with Crippen LogP contribution in [0.25, 0.3) is 5.69 Å². The van der Waals surface area contributed by atoms with E-state index < -0.39 is 0 Å². The van der Waals surface area contributed by atoms with Gasteiger partial charge in [0.05, 0.1) is 20.6 Å². The van der Waals surface area contributed by atoms with E-state index >= 15 is 0 Å². The molecule has 0 amide bonds. The molecule has 1 heterocycles. The van der Waals surface area contributed by atoms with E-state index in [1.165, 1.54) is 22.4 Å². The number of aromatic hydroxyl groups is 2. The first kappa shape index (κ1) is 15.2. The van der Waals surface area contributed by atoms with Crippen LogP contribution in [0.15, 0.2) is 64.4 Å². The van der Waals surface area contributed by atoms with Gasteiger partial charge in [0.1, 0.15) is 0 Å². The summed E-state index contributed by atoms with van der Waals surface area (Å²) in [5, 5.41) is 21.3. The van der Waals surface area contributed by atoms with Gasteiger partial charge in [0.25, 0.3) is 0 Å². The van der Waals surface area contributed by atoms with Crippen molar-refractivity contribution in [1.82, 2.24) is 4.57 Å². The van der Waals surface area contributed by atoms with Crippen molar-refractivity contribution in [2.75, 3.05) is 0 Å². The van der Waals surface area contributed by atoms with Crippen LogP contribution in [0, 0.1) is 0 Å². The number of nitrogens with zero attached hydrogens (tertiary/aromatic N) is 1. The average Bonchev–Trinajstić information content (AvgIpc) is 2.78. The lowest BCUT2D eigenvalue weighted by Gasteiger charge is -2.08. The van der Waals surface area contributed by atoms with Gasteiger partial charge in [0.15, 0.2) is 5.88 Å². The van der Waals surface area contributed by atoms with Crippen molar-refractivity contribution in [3.05, 3.63) is 64.6 Å². The zero-order valence-corrected chi connectivity index (χ0v) is 13.5. The zero-order valence-electron chi connectivity index (χ0n) is 11.2. The fourth-order valence-corrected chi connectivity index (χ4v) is 3.22. The molecule has 0 radical (unpaired) electrons. The summed E-state index contributed by atoms with van der Waals surface area (Å²) >= 11 is 13.2. The van der Waals surface area contributed by atoms with Crippen molar-refractivity contribution in [1.29, 1.82) is 0 Å². The molecule has 0 saturated carbocycles. The van der Waals surface area contributed by atoms with Crippen LogP contribution in [0.3, 0.4) is 0 Å². The molecule has 0 aliphatic heterocycles. The fourth-order valence-electron chi connectivity index (χ4n) is 2.03. The number of hydrogen-bond acceptors (Lipinski definition) is 3. The molecule has 6 heteroatoms. The summed E-state index contributed by atoms with van der Waals surface area (Å²) in [6.07, 6.45) is 0. The predicted octanol–water partition coefficient (Wildman–Crippen LogP) is 5.35. The quantitative estimate of drug-likeness (QED) is 0.668. The third kappa shape index (κ3) is 2.90. The number of hydrogen-bond donors (Lipinski definition) is 2. The van der Waals surface area contributed by atoms with E-state index in [1.807, 2.05) is 30.3 Å². The van der Waals surface area contributed by atoms with Crippen molar-refractivity contribution in [2.45, 2.75) is 9.79 Å². The maximum atomic E-state index is 10.4. The Morgan fingerprint density at radius 1 is 0.864 bits per heavy atom. The summed E-state index contributed by atoms with van der Waals surface area (Å²) in [5.74, 6) is -0.126. The van der Waals surface area contributed by atoms with E-state index in [0.29, 0.717) is 20.6 Å². The van der Waals surface area contributed by atoms with Gasteiger partial charge in [0.2, 0.25) is 5.88 Å². The van der Waals surface area contributed by atoms with Crippen LogP contribution in [0.1, 0.15) is 0 Å². The molecule has 0 saturated heterocycles. The van der Waals surface area contributed by atoms with E-state index in [2.05, 4.69) is 0 Å². The van der Waals surface area contributed by atoms with Gasteiger partial charge < -0.3 is 10.2 Å². The van der Waals surface area contributed by atoms with Crippen LogP contribution in [0.5, 0.6) is 11.8 Å². The Balaban J connectivity index is 2.01. The molecule has 3 rings (SSSR count). The first-order chi connectivity index (χ1) is 10.6. The number of halogens is 2. The van der Waals surface area contributed by atoms with E-state index in [9.17, 15) is 10.2 Å². The summed E-state index contributed by atoms with van der Waals surface area (Å²) in [5.41, 5.74) is 0.532. The number of benzene rings is 2. The standard InChI is InChI=1S/C16H11Cl2NO2S/c17-12-7-6-10(8-13(12)18)19-15(20)9-14(16(19)21)22-11-4-2-1-3-5-11/h1-9,20-21H. The molecule has 0 fully saturated rings. The molecular weight excluding hydrogens is 341 g/mol. The number of rotatable bonds is 3. The molecule has 2 N–H and O–H groups in total. The normalized spacial score (nSPS) is 10.8. The molecule has 0 spiro atoms. The maximum absolute atomic E-state index is 10.4.